The molecule has 22 heavy (non-hydrogen) atoms. The van der Waals surface area contributed by atoms with Crippen LogP contribution in [-0.2, 0) is 9.59 Å². The first-order valence-corrected chi connectivity index (χ1v) is 6.64. The average Bonchev–Trinajstić information content (AvgIpc) is 2.45. The van der Waals surface area contributed by atoms with Crippen molar-refractivity contribution in [3.8, 4) is 11.5 Å². The van der Waals surface area contributed by atoms with Gasteiger partial charge in [0.25, 0.3) is 0 Å². The van der Waals surface area contributed by atoms with Crippen molar-refractivity contribution < 1.29 is 19.1 Å². The Hall–Kier alpha value is -2.57. The fraction of sp³-hybridized carbons (Fsp3) is 0.400. The molecule has 1 aromatic carbocycles. The molecule has 7 heteroatoms. The molecule has 0 aliphatic heterocycles. The van der Waals surface area contributed by atoms with Gasteiger partial charge in [0.2, 0.25) is 0 Å². The lowest BCUT2D eigenvalue weighted by Gasteiger charge is -2.19. The third kappa shape index (κ3) is 5.43. The molecule has 2 amide bonds. The van der Waals surface area contributed by atoms with E-state index in [2.05, 4.69) is 15.8 Å². The smallest absolute Gasteiger partial charge is 0.329 e. The number of hydrogen-bond donors (Lipinski definition) is 2. The Morgan fingerprint density at radius 3 is 2.36 bits per heavy atom. The summed E-state index contributed by atoms with van der Waals surface area (Å²) in [6.07, 6.45) is 1.38. The van der Waals surface area contributed by atoms with Crippen molar-refractivity contribution in [2.24, 2.45) is 5.10 Å². The van der Waals surface area contributed by atoms with Crippen LogP contribution in [0.1, 0.15) is 26.3 Å². The van der Waals surface area contributed by atoms with E-state index in [9.17, 15) is 9.59 Å². The minimum absolute atomic E-state index is 0.492. The van der Waals surface area contributed by atoms with Crippen molar-refractivity contribution in [2.45, 2.75) is 26.3 Å². The van der Waals surface area contributed by atoms with E-state index in [1.54, 1.807) is 46.1 Å². The van der Waals surface area contributed by atoms with Gasteiger partial charge in [-0.1, -0.05) is 0 Å². The fourth-order valence-corrected chi connectivity index (χ4v) is 1.55. The highest BCUT2D eigenvalue weighted by molar-refractivity contribution is 6.35. The summed E-state index contributed by atoms with van der Waals surface area (Å²) in [6.45, 7) is 5.34. The van der Waals surface area contributed by atoms with Crippen LogP contribution in [0.25, 0.3) is 0 Å². The minimum Gasteiger partial charge on any atom is -0.497 e. The van der Waals surface area contributed by atoms with Crippen LogP contribution in [0.5, 0.6) is 11.5 Å². The standard InChI is InChI=1S/C15H21N3O4/c1-15(2,3)17-13(19)14(20)18-16-9-10-8-11(21-4)6-7-12(10)22-5/h6-9H,1-5H3,(H,17,19)(H,18,20). The largest absolute Gasteiger partial charge is 0.497 e. The van der Waals surface area contributed by atoms with Crippen molar-refractivity contribution in [3.63, 3.8) is 0 Å². The van der Waals surface area contributed by atoms with Crippen LogP contribution in [-0.4, -0.2) is 37.8 Å². The van der Waals surface area contributed by atoms with Crippen molar-refractivity contribution >= 4 is 18.0 Å². The van der Waals surface area contributed by atoms with Gasteiger partial charge in [0, 0.05) is 11.1 Å². The highest BCUT2D eigenvalue weighted by Gasteiger charge is 2.19. The molecule has 2 N–H and O–H groups in total. The quantitative estimate of drug-likeness (QED) is 0.495. The molecule has 0 saturated heterocycles. The number of nitrogens with one attached hydrogen (secondary N) is 2. The predicted octanol–water partition coefficient (Wildman–Crippen LogP) is 1.07. The number of benzene rings is 1. The summed E-state index contributed by atoms with van der Waals surface area (Å²) in [4.78, 5) is 23.2. The second kappa shape index (κ2) is 7.44. The molecular formula is C15H21N3O4. The zero-order chi connectivity index (χ0) is 16.8. The summed E-state index contributed by atoms with van der Waals surface area (Å²) in [6, 6.07) is 5.16. The Balaban J connectivity index is 2.73. The van der Waals surface area contributed by atoms with Crippen LogP contribution in [0.4, 0.5) is 0 Å². The number of carbonyl (C=O) groups excluding carboxylic acids is 2. The molecule has 1 rings (SSSR count). The molecule has 0 atom stereocenters. The molecule has 0 aromatic heterocycles. The number of hydrogen-bond acceptors (Lipinski definition) is 5. The van der Waals surface area contributed by atoms with Crippen molar-refractivity contribution in [1.29, 1.82) is 0 Å². The summed E-state index contributed by atoms with van der Waals surface area (Å²) in [7, 11) is 3.07. The Labute approximate surface area is 129 Å². The number of nitrogens with zero attached hydrogens (tertiary/aromatic N) is 1. The van der Waals surface area contributed by atoms with Crippen molar-refractivity contribution in [1.82, 2.24) is 10.7 Å². The molecule has 0 aliphatic carbocycles. The van der Waals surface area contributed by atoms with Gasteiger partial charge in [-0.3, -0.25) is 9.59 Å². The maximum Gasteiger partial charge on any atom is 0.329 e. The third-order valence-electron chi connectivity index (χ3n) is 2.50. The van der Waals surface area contributed by atoms with E-state index >= 15 is 0 Å². The van der Waals surface area contributed by atoms with Gasteiger partial charge in [0.05, 0.1) is 20.4 Å². The maximum atomic E-state index is 11.6. The molecule has 0 heterocycles. The number of ether oxygens (including phenoxy) is 2. The number of hydrazone groups is 1. The SMILES string of the molecule is COc1ccc(OC)c(C=NNC(=O)C(=O)NC(C)(C)C)c1. The molecule has 0 bridgehead atoms. The van der Waals surface area contributed by atoms with Crippen molar-refractivity contribution in [3.05, 3.63) is 23.8 Å². The Kier molecular flexibility index (Phi) is 5.91. The third-order valence-corrected chi connectivity index (χ3v) is 2.50. The first-order valence-electron chi connectivity index (χ1n) is 6.64. The molecular weight excluding hydrogens is 286 g/mol. The van der Waals surface area contributed by atoms with E-state index in [0.717, 1.165) is 0 Å². The van der Waals surface area contributed by atoms with E-state index in [0.29, 0.717) is 17.1 Å². The van der Waals surface area contributed by atoms with Gasteiger partial charge in [0.15, 0.2) is 0 Å². The van der Waals surface area contributed by atoms with Crippen LogP contribution >= 0.6 is 0 Å². The maximum absolute atomic E-state index is 11.6. The Morgan fingerprint density at radius 2 is 1.82 bits per heavy atom. The minimum atomic E-state index is -0.840. The number of methoxy groups -OCH3 is 2. The van der Waals surface area contributed by atoms with E-state index < -0.39 is 17.4 Å². The normalized spacial score (nSPS) is 11.1. The summed E-state index contributed by atoms with van der Waals surface area (Å²) in [5, 5.41) is 6.29. The molecule has 120 valence electrons. The second-order valence-corrected chi connectivity index (χ2v) is 5.51. The number of carbonyl (C=O) groups is 2. The molecule has 0 aliphatic rings. The monoisotopic (exact) mass is 307 g/mol. The summed E-state index contributed by atoms with van der Waals surface area (Å²) < 4.78 is 10.3. The second-order valence-electron chi connectivity index (χ2n) is 5.51. The average molecular weight is 307 g/mol. The van der Waals surface area contributed by atoms with Gasteiger partial charge < -0.3 is 14.8 Å². The van der Waals surface area contributed by atoms with Gasteiger partial charge >= 0.3 is 11.8 Å². The molecule has 0 saturated carbocycles. The fourth-order valence-electron chi connectivity index (χ4n) is 1.55. The topological polar surface area (TPSA) is 89.0 Å². The molecule has 0 fully saturated rings. The number of rotatable bonds is 4. The highest BCUT2D eigenvalue weighted by atomic mass is 16.5. The molecule has 7 nitrogen and oxygen atoms in total. The first kappa shape index (κ1) is 17.5. The van der Waals surface area contributed by atoms with Gasteiger partial charge in [0.1, 0.15) is 11.5 Å². The summed E-state index contributed by atoms with van der Waals surface area (Å²) >= 11 is 0. The molecule has 1 aromatic rings. The van der Waals surface area contributed by atoms with E-state index in [4.69, 9.17) is 9.47 Å². The van der Waals surface area contributed by atoms with Gasteiger partial charge in [-0.25, -0.2) is 5.43 Å². The van der Waals surface area contributed by atoms with Crippen molar-refractivity contribution in [2.75, 3.05) is 14.2 Å². The van der Waals surface area contributed by atoms with Crippen LogP contribution in [0.3, 0.4) is 0 Å². The predicted molar refractivity (Wildman–Crippen MR) is 83.2 cm³/mol. The van der Waals surface area contributed by atoms with E-state index in [1.807, 2.05) is 0 Å². The van der Waals surface area contributed by atoms with Crippen LogP contribution in [0.2, 0.25) is 0 Å². The van der Waals surface area contributed by atoms with Crippen LogP contribution < -0.4 is 20.2 Å². The van der Waals surface area contributed by atoms with Gasteiger partial charge in [-0.2, -0.15) is 5.10 Å². The van der Waals surface area contributed by atoms with E-state index in [-0.39, 0.29) is 0 Å². The lowest BCUT2D eigenvalue weighted by atomic mass is 10.1. The van der Waals surface area contributed by atoms with Crippen LogP contribution in [0, 0.1) is 0 Å². The molecule has 0 unspecified atom stereocenters. The van der Waals surface area contributed by atoms with Crippen LogP contribution in [0.15, 0.2) is 23.3 Å². The van der Waals surface area contributed by atoms with Gasteiger partial charge in [-0.15, -0.1) is 0 Å². The zero-order valence-electron chi connectivity index (χ0n) is 13.4. The summed E-state index contributed by atoms with van der Waals surface area (Å²) in [5.74, 6) is -0.396. The Bertz CT molecular complexity index is 577. The van der Waals surface area contributed by atoms with E-state index in [1.165, 1.54) is 13.3 Å². The first-order chi connectivity index (χ1) is 10.3. The highest BCUT2D eigenvalue weighted by Crippen LogP contribution is 2.22. The Morgan fingerprint density at radius 1 is 1.14 bits per heavy atom. The number of amides is 2. The summed E-state index contributed by atoms with van der Waals surface area (Å²) in [5.41, 5.74) is 2.28. The lowest BCUT2D eigenvalue weighted by Crippen LogP contribution is -2.47. The molecule has 0 spiro atoms. The molecule has 0 radical (unpaired) electrons. The lowest BCUT2D eigenvalue weighted by molar-refractivity contribution is -0.140. The van der Waals surface area contributed by atoms with Gasteiger partial charge in [-0.05, 0) is 39.0 Å². The zero-order valence-corrected chi connectivity index (χ0v) is 13.4.